The van der Waals surface area contributed by atoms with E-state index in [4.69, 9.17) is 0 Å². The molecule has 2 nitrogen and oxygen atoms in total. The molecule has 1 rings (SSSR count). The summed E-state index contributed by atoms with van der Waals surface area (Å²) in [6.07, 6.45) is 1.43. The highest BCUT2D eigenvalue weighted by atomic mass is 19.1. The summed E-state index contributed by atoms with van der Waals surface area (Å²) in [6.45, 7) is 7.72. The summed E-state index contributed by atoms with van der Waals surface area (Å²) in [6, 6.07) is 6.52. The summed E-state index contributed by atoms with van der Waals surface area (Å²) in [5.74, 6) is -0.0789. The highest BCUT2D eigenvalue weighted by Gasteiger charge is 2.13. The maximum absolute atomic E-state index is 12.7. The molecule has 3 heteroatoms. The van der Waals surface area contributed by atoms with E-state index >= 15 is 0 Å². The lowest BCUT2D eigenvalue weighted by molar-refractivity contribution is -0.120. The first kappa shape index (κ1) is 14.8. The minimum atomic E-state index is -0.263. The Morgan fingerprint density at radius 1 is 1.28 bits per heavy atom. The molecule has 100 valence electrons. The molecule has 1 aromatic rings. The van der Waals surface area contributed by atoms with Gasteiger partial charge in [-0.05, 0) is 44.5 Å². The molecule has 0 aliphatic heterocycles. The Bertz CT molecular complexity index is 373. The van der Waals surface area contributed by atoms with Crippen molar-refractivity contribution in [3.63, 3.8) is 0 Å². The maximum Gasteiger partial charge on any atom is 0.151 e. The lowest BCUT2D eigenvalue weighted by Crippen LogP contribution is -2.36. The molecular formula is C15H22FNO. The van der Waals surface area contributed by atoms with Gasteiger partial charge in [0.15, 0.2) is 5.78 Å². The Balaban J connectivity index is 2.52. The fourth-order valence-electron chi connectivity index (χ4n) is 1.92. The van der Waals surface area contributed by atoms with Gasteiger partial charge in [-0.1, -0.05) is 19.1 Å². The van der Waals surface area contributed by atoms with E-state index in [0.717, 1.165) is 18.5 Å². The Hall–Kier alpha value is -1.22. The number of Topliss-reactive ketones (excluding diaryl/α,β-unsaturated/α-hetero) is 1. The van der Waals surface area contributed by atoms with E-state index in [9.17, 15) is 9.18 Å². The van der Waals surface area contributed by atoms with Gasteiger partial charge in [-0.2, -0.15) is 0 Å². The van der Waals surface area contributed by atoms with E-state index in [2.05, 4.69) is 25.7 Å². The molecular weight excluding hydrogens is 229 g/mol. The van der Waals surface area contributed by atoms with Crippen molar-refractivity contribution < 1.29 is 9.18 Å². The molecule has 0 aromatic heterocycles. The molecule has 1 aromatic carbocycles. The normalized spacial score (nSPS) is 11.2. The lowest BCUT2D eigenvalue weighted by Gasteiger charge is -2.25. The van der Waals surface area contributed by atoms with E-state index in [-0.39, 0.29) is 11.6 Å². The van der Waals surface area contributed by atoms with Gasteiger partial charge in [0, 0.05) is 12.5 Å². The van der Waals surface area contributed by atoms with Gasteiger partial charge >= 0.3 is 0 Å². The average molecular weight is 251 g/mol. The molecule has 0 saturated carbocycles. The topological polar surface area (TPSA) is 20.3 Å². The first-order chi connectivity index (χ1) is 8.52. The molecule has 0 N–H and O–H groups in total. The molecule has 0 heterocycles. The smallest absolute Gasteiger partial charge is 0.151 e. The Kier molecular flexibility index (Phi) is 5.99. The first-order valence-electron chi connectivity index (χ1n) is 6.53. The molecule has 0 fully saturated rings. The van der Waals surface area contributed by atoms with Crippen molar-refractivity contribution in [1.82, 2.24) is 4.90 Å². The number of nitrogens with zero attached hydrogens (tertiary/aromatic N) is 1. The van der Waals surface area contributed by atoms with Crippen LogP contribution >= 0.6 is 0 Å². The van der Waals surface area contributed by atoms with E-state index < -0.39 is 0 Å². The predicted molar refractivity (Wildman–Crippen MR) is 72.1 cm³/mol. The molecule has 0 unspecified atom stereocenters. The molecule has 18 heavy (non-hydrogen) atoms. The van der Waals surface area contributed by atoms with Gasteiger partial charge in [-0.15, -0.1) is 0 Å². The monoisotopic (exact) mass is 251 g/mol. The zero-order valence-electron chi connectivity index (χ0n) is 11.4. The summed E-state index contributed by atoms with van der Waals surface area (Å²) < 4.78 is 12.7. The standard InChI is InChI=1S/C15H22FNO/c1-4-9-17(12(2)3)11-15(18)10-13-5-7-14(16)8-6-13/h5-8,12H,4,9-11H2,1-3H3. The van der Waals surface area contributed by atoms with Crippen LogP contribution < -0.4 is 0 Å². The van der Waals surface area contributed by atoms with Crippen LogP contribution in [0.5, 0.6) is 0 Å². The minimum Gasteiger partial charge on any atom is -0.298 e. The van der Waals surface area contributed by atoms with Crippen LogP contribution in [-0.2, 0) is 11.2 Å². The average Bonchev–Trinajstić information content (AvgIpc) is 2.31. The van der Waals surface area contributed by atoms with Gasteiger partial charge in [0.1, 0.15) is 5.82 Å². The molecule has 0 aliphatic carbocycles. The zero-order valence-corrected chi connectivity index (χ0v) is 11.4. The summed E-state index contributed by atoms with van der Waals surface area (Å²) in [7, 11) is 0. The van der Waals surface area contributed by atoms with Crippen molar-refractivity contribution in [2.24, 2.45) is 0 Å². The molecule has 0 amide bonds. The van der Waals surface area contributed by atoms with E-state index in [1.807, 2.05) is 0 Å². The second-order valence-corrected chi connectivity index (χ2v) is 4.91. The highest BCUT2D eigenvalue weighted by molar-refractivity contribution is 5.82. The Morgan fingerprint density at radius 2 is 1.89 bits per heavy atom. The summed E-state index contributed by atoms with van der Waals surface area (Å²) in [5.41, 5.74) is 0.876. The van der Waals surface area contributed by atoms with Gasteiger partial charge in [0.2, 0.25) is 0 Å². The number of ketones is 1. The summed E-state index contributed by atoms with van der Waals surface area (Å²) >= 11 is 0. The van der Waals surface area contributed by atoms with Gasteiger partial charge in [-0.25, -0.2) is 4.39 Å². The van der Waals surface area contributed by atoms with Gasteiger partial charge in [0.05, 0.1) is 6.54 Å². The van der Waals surface area contributed by atoms with Crippen LogP contribution in [0, 0.1) is 5.82 Å². The van der Waals surface area contributed by atoms with Gasteiger partial charge < -0.3 is 0 Å². The quantitative estimate of drug-likeness (QED) is 0.742. The highest BCUT2D eigenvalue weighted by Crippen LogP contribution is 2.06. The third kappa shape index (κ3) is 4.96. The molecule has 0 spiro atoms. The predicted octanol–water partition coefficient (Wildman–Crippen LogP) is 3.06. The van der Waals surface area contributed by atoms with Crippen LogP contribution in [0.15, 0.2) is 24.3 Å². The molecule has 0 radical (unpaired) electrons. The number of rotatable bonds is 7. The third-order valence-electron chi connectivity index (χ3n) is 2.94. The van der Waals surface area contributed by atoms with Crippen LogP contribution in [0.2, 0.25) is 0 Å². The molecule has 0 saturated heterocycles. The van der Waals surface area contributed by atoms with E-state index in [0.29, 0.717) is 19.0 Å². The maximum atomic E-state index is 12.7. The number of carbonyl (C=O) groups excluding carboxylic acids is 1. The van der Waals surface area contributed by atoms with Crippen molar-refractivity contribution >= 4 is 5.78 Å². The van der Waals surface area contributed by atoms with Crippen LogP contribution in [0.4, 0.5) is 4.39 Å². The van der Waals surface area contributed by atoms with Gasteiger partial charge in [-0.3, -0.25) is 9.69 Å². The van der Waals surface area contributed by atoms with Crippen molar-refractivity contribution in [2.75, 3.05) is 13.1 Å². The van der Waals surface area contributed by atoms with Crippen LogP contribution in [0.3, 0.4) is 0 Å². The first-order valence-corrected chi connectivity index (χ1v) is 6.53. The second-order valence-electron chi connectivity index (χ2n) is 4.91. The fourth-order valence-corrected chi connectivity index (χ4v) is 1.92. The van der Waals surface area contributed by atoms with Crippen LogP contribution in [0.25, 0.3) is 0 Å². The number of hydrogen-bond donors (Lipinski definition) is 0. The lowest BCUT2D eigenvalue weighted by atomic mass is 10.1. The Labute approximate surface area is 109 Å². The van der Waals surface area contributed by atoms with E-state index in [1.165, 1.54) is 12.1 Å². The molecule has 0 atom stereocenters. The van der Waals surface area contributed by atoms with Crippen LogP contribution in [-0.4, -0.2) is 29.8 Å². The number of hydrogen-bond acceptors (Lipinski definition) is 2. The summed E-state index contributed by atoms with van der Waals surface area (Å²) in [5, 5.41) is 0. The minimum absolute atomic E-state index is 0.184. The van der Waals surface area contributed by atoms with Crippen molar-refractivity contribution in [3.8, 4) is 0 Å². The second kappa shape index (κ2) is 7.27. The number of carbonyl (C=O) groups is 1. The SMILES string of the molecule is CCCN(CC(=O)Cc1ccc(F)cc1)C(C)C. The Morgan fingerprint density at radius 3 is 2.39 bits per heavy atom. The summed E-state index contributed by atoms with van der Waals surface area (Å²) in [4.78, 5) is 14.1. The van der Waals surface area contributed by atoms with Crippen molar-refractivity contribution in [3.05, 3.63) is 35.6 Å². The fraction of sp³-hybridized carbons (Fsp3) is 0.533. The molecule has 0 aliphatic rings. The largest absolute Gasteiger partial charge is 0.298 e. The van der Waals surface area contributed by atoms with Crippen LogP contribution in [0.1, 0.15) is 32.8 Å². The van der Waals surface area contributed by atoms with E-state index in [1.54, 1.807) is 12.1 Å². The van der Waals surface area contributed by atoms with Crippen molar-refractivity contribution in [1.29, 1.82) is 0 Å². The number of benzene rings is 1. The van der Waals surface area contributed by atoms with Crippen molar-refractivity contribution in [2.45, 2.75) is 39.7 Å². The zero-order chi connectivity index (χ0) is 13.5. The molecule has 0 bridgehead atoms. The third-order valence-corrected chi connectivity index (χ3v) is 2.94. The van der Waals surface area contributed by atoms with Gasteiger partial charge in [0.25, 0.3) is 0 Å². The number of halogens is 1.